The Morgan fingerprint density at radius 2 is 2.22 bits per heavy atom. The number of methoxy groups -OCH3 is 1. The molecule has 1 N–H and O–H groups in total. The number of hydrogen-bond acceptors (Lipinski definition) is 4. The molecule has 2 rings (SSSR count). The zero-order chi connectivity index (χ0) is 13.1. The maximum atomic E-state index is 6.06. The Morgan fingerprint density at radius 1 is 1.44 bits per heavy atom. The van der Waals surface area contributed by atoms with E-state index in [9.17, 15) is 0 Å². The second-order valence-corrected chi connectivity index (χ2v) is 4.36. The summed E-state index contributed by atoms with van der Waals surface area (Å²) in [4.78, 5) is 4.15. The van der Waals surface area contributed by atoms with Crippen molar-refractivity contribution in [1.82, 2.24) is 14.8 Å². The van der Waals surface area contributed by atoms with Crippen molar-refractivity contribution in [2.45, 2.75) is 13.5 Å². The Morgan fingerprint density at radius 3 is 2.83 bits per heavy atom. The Bertz CT molecular complexity index is 553. The number of rotatable bonds is 4. The molecule has 6 heteroatoms. The minimum Gasteiger partial charge on any atom is -0.495 e. The van der Waals surface area contributed by atoms with Crippen molar-refractivity contribution in [3.63, 3.8) is 0 Å². The van der Waals surface area contributed by atoms with Gasteiger partial charge in [-0.15, -0.1) is 0 Å². The maximum absolute atomic E-state index is 6.06. The summed E-state index contributed by atoms with van der Waals surface area (Å²) in [5.74, 6) is 1.57. The van der Waals surface area contributed by atoms with Gasteiger partial charge in [0, 0.05) is 18.1 Å². The quantitative estimate of drug-likeness (QED) is 0.923. The molecule has 1 aromatic carbocycles. The molecule has 0 atom stereocenters. The fourth-order valence-corrected chi connectivity index (χ4v) is 1.78. The number of hydrogen-bond donors (Lipinski definition) is 1. The SMILES string of the molecule is COc1cc(Cl)c(C)cc1NCc1ncnn1C. The van der Waals surface area contributed by atoms with E-state index in [1.807, 2.05) is 20.0 Å². The van der Waals surface area contributed by atoms with E-state index in [1.165, 1.54) is 6.33 Å². The molecule has 0 bridgehead atoms. The Hall–Kier alpha value is -1.75. The molecule has 0 saturated heterocycles. The summed E-state index contributed by atoms with van der Waals surface area (Å²) >= 11 is 6.06. The first kappa shape index (κ1) is 12.7. The number of aryl methyl sites for hydroxylation is 2. The van der Waals surface area contributed by atoms with Gasteiger partial charge in [0.25, 0.3) is 0 Å². The first-order valence-electron chi connectivity index (χ1n) is 5.52. The molecular formula is C12H15ClN4O. The highest BCUT2D eigenvalue weighted by Crippen LogP contribution is 2.31. The lowest BCUT2D eigenvalue weighted by atomic mass is 10.2. The smallest absolute Gasteiger partial charge is 0.145 e. The summed E-state index contributed by atoms with van der Waals surface area (Å²) in [5.41, 5.74) is 1.89. The van der Waals surface area contributed by atoms with Gasteiger partial charge in [-0.1, -0.05) is 11.6 Å². The van der Waals surface area contributed by atoms with Crippen molar-refractivity contribution in [3.8, 4) is 5.75 Å². The number of anilines is 1. The topological polar surface area (TPSA) is 52.0 Å². The predicted molar refractivity (Wildman–Crippen MR) is 71.1 cm³/mol. The molecule has 1 aromatic heterocycles. The highest BCUT2D eigenvalue weighted by atomic mass is 35.5. The number of nitrogens with one attached hydrogen (secondary N) is 1. The van der Waals surface area contributed by atoms with Crippen LogP contribution in [0.3, 0.4) is 0 Å². The van der Waals surface area contributed by atoms with Crippen molar-refractivity contribution in [1.29, 1.82) is 0 Å². The van der Waals surface area contributed by atoms with Crippen LogP contribution in [0.15, 0.2) is 18.5 Å². The zero-order valence-electron chi connectivity index (χ0n) is 10.6. The summed E-state index contributed by atoms with van der Waals surface area (Å²) in [6.45, 7) is 2.53. The average Bonchev–Trinajstić information content (AvgIpc) is 2.76. The third-order valence-electron chi connectivity index (χ3n) is 2.72. The van der Waals surface area contributed by atoms with Crippen LogP contribution in [0.5, 0.6) is 5.75 Å². The highest BCUT2D eigenvalue weighted by molar-refractivity contribution is 6.31. The Labute approximate surface area is 111 Å². The summed E-state index contributed by atoms with van der Waals surface area (Å²) in [6, 6.07) is 3.76. The van der Waals surface area contributed by atoms with Gasteiger partial charge in [-0.2, -0.15) is 5.10 Å². The minimum absolute atomic E-state index is 0.577. The molecule has 0 aliphatic rings. The largest absolute Gasteiger partial charge is 0.495 e. The van der Waals surface area contributed by atoms with Crippen LogP contribution in [-0.2, 0) is 13.6 Å². The van der Waals surface area contributed by atoms with Gasteiger partial charge in [-0.25, -0.2) is 4.98 Å². The van der Waals surface area contributed by atoms with Crippen molar-refractivity contribution in [2.75, 3.05) is 12.4 Å². The van der Waals surface area contributed by atoms with E-state index < -0.39 is 0 Å². The molecule has 0 aliphatic heterocycles. The molecule has 0 spiro atoms. The zero-order valence-corrected chi connectivity index (χ0v) is 11.3. The summed E-state index contributed by atoms with van der Waals surface area (Å²) in [7, 11) is 3.48. The van der Waals surface area contributed by atoms with Gasteiger partial charge in [0.05, 0.1) is 19.3 Å². The Kier molecular flexibility index (Phi) is 3.72. The Balaban J connectivity index is 2.18. The number of aromatic nitrogens is 3. The molecule has 18 heavy (non-hydrogen) atoms. The fraction of sp³-hybridized carbons (Fsp3) is 0.333. The summed E-state index contributed by atoms with van der Waals surface area (Å²) < 4.78 is 7.02. The van der Waals surface area contributed by atoms with Crippen LogP contribution in [0.1, 0.15) is 11.4 Å². The van der Waals surface area contributed by atoms with Crippen LogP contribution in [0.4, 0.5) is 5.69 Å². The minimum atomic E-state index is 0.577. The highest BCUT2D eigenvalue weighted by Gasteiger charge is 2.08. The molecule has 0 aliphatic carbocycles. The maximum Gasteiger partial charge on any atom is 0.145 e. The van der Waals surface area contributed by atoms with E-state index in [0.717, 1.165) is 17.1 Å². The number of halogens is 1. The van der Waals surface area contributed by atoms with Crippen LogP contribution in [0.2, 0.25) is 5.02 Å². The standard InChI is InChI=1S/C12H15ClN4O/c1-8-4-10(11(18-3)5-9(8)13)14-6-12-15-7-16-17(12)2/h4-5,7,14H,6H2,1-3H3. The van der Waals surface area contributed by atoms with Crippen LogP contribution >= 0.6 is 11.6 Å². The van der Waals surface area contributed by atoms with Crippen LogP contribution < -0.4 is 10.1 Å². The molecule has 0 saturated carbocycles. The van der Waals surface area contributed by atoms with E-state index in [2.05, 4.69) is 15.4 Å². The van der Waals surface area contributed by atoms with Gasteiger partial charge in [0.2, 0.25) is 0 Å². The van der Waals surface area contributed by atoms with Gasteiger partial charge in [-0.3, -0.25) is 4.68 Å². The third kappa shape index (κ3) is 2.56. The number of benzene rings is 1. The molecule has 0 amide bonds. The van der Waals surface area contributed by atoms with Gasteiger partial charge < -0.3 is 10.1 Å². The van der Waals surface area contributed by atoms with Gasteiger partial charge in [0.15, 0.2) is 0 Å². The molecule has 2 aromatic rings. The van der Waals surface area contributed by atoms with Crippen molar-refractivity contribution >= 4 is 17.3 Å². The monoisotopic (exact) mass is 266 g/mol. The molecule has 0 radical (unpaired) electrons. The molecule has 0 fully saturated rings. The van der Waals surface area contributed by atoms with Crippen LogP contribution in [-0.4, -0.2) is 21.9 Å². The molecule has 1 heterocycles. The fourth-order valence-electron chi connectivity index (χ4n) is 1.62. The van der Waals surface area contributed by atoms with Gasteiger partial charge in [0.1, 0.15) is 17.9 Å². The van der Waals surface area contributed by atoms with Crippen molar-refractivity contribution in [3.05, 3.63) is 34.9 Å². The molecule has 96 valence electrons. The summed E-state index contributed by atoms with van der Waals surface area (Å²) in [6.07, 6.45) is 1.53. The van der Waals surface area contributed by atoms with E-state index in [0.29, 0.717) is 17.3 Å². The molecular weight excluding hydrogens is 252 g/mol. The van der Waals surface area contributed by atoms with Gasteiger partial charge >= 0.3 is 0 Å². The average molecular weight is 267 g/mol. The second kappa shape index (κ2) is 5.27. The van der Waals surface area contributed by atoms with E-state index in [-0.39, 0.29) is 0 Å². The lowest BCUT2D eigenvalue weighted by Crippen LogP contribution is -2.07. The van der Waals surface area contributed by atoms with Crippen LogP contribution in [0, 0.1) is 6.92 Å². The summed E-state index contributed by atoms with van der Waals surface area (Å²) in [5, 5.41) is 7.98. The molecule has 0 unspecified atom stereocenters. The predicted octanol–water partition coefficient (Wildman–Crippen LogP) is 2.40. The van der Waals surface area contributed by atoms with Crippen molar-refractivity contribution < 1.29 is 4.74 Å². The van der Waals surface area contributed by atoms with Crippen LogP contribution in [0.25, 0.3) is 0 Å². The lowest BCUT2D eigenvalue weighted by Gasteiger charge is -2.12. The van der Waals surface area contributed by atoms with Crippen molar-refractivity contribution in [2.24, 2.45) is 7.05 Å². The number of nitrogens with zero attached hydrogens (tertiary/aromatic N) is 3. The first-order valence-corrected chi connectivity index (χ1v) is 5.90. The lowest BCUT2D eigenvalue weighted by molar-refractivity contribution is 0.416. The normalized spacial score (nSPS) is 10.4. The second-order valence-electron chi connectivity index (χ2n) is 3.96. The van der Waals surface area contributed by atoms with Gasteiger partial charge in [-0.05, 0) is 18.6 Å². The van der Waals surface area contributed by atoms with E-state index in [4.69, 9.17) is 16.3 Å². The third-order valence-corrected chi connectivity index (χ3v) is 3.13. The van der Waals surface area contributed by atoms with E-state index >= 15 is 0 Å². The molecule has 5 nitrogen and oxygen atoms in total. The first-order chi connectivity index (χ1) is 8.61. The number of ether oxygens (including phenoxy) is 1. The van der Waals surface area contributed by atoms with E-state index in [1.54, 1.807) is 17.9 Å².